The summed E-state index contributed by atoms with van der Waals surface area (Å²) in [6, 6.07) is 9.41. The van der Waals surface area contributed by atoms with E-state index in [2.05, 4.69) is 10.6 Å². The zero-order valence-electron chi connectivity index (χ0n) is 14.0. The number of alkyl halides is 3. The predicted molar refractivity (Wildman–Crippen MR) is 90.0 cm³/mol. The third kappa shape index (κ3) is 6.61. The number of halogens is 4. The van der Waals surface area contributed by atoms with Crippen LogP contribution in [0.3, 0.4) is 0 Å². The number of urea groups is 1. The summed E-state index contributed by atoms with van der Waals surface area (Å²) in [5, 5.41) is 6.44. The molecule has 3 N–H and O–H groups in total. The molecule has 0 saturated heterocycles. The van der Waals surface area contributed by atoms with Crippen molar-refractivity contribution < 1.29 is 27.2 Å². The molecule has 0 heterocycles. The molecule has 144 valence electrons. The molecule has 0 radical (unpaired) electrons. The van der Waals surface area contributed by atoms with Crippen molar-refractivity contribution in [2.75, 3.05) is 6.54 Å². The van der Waals surface area contributed by atoms with Crippen molar-refractivity contribution in [1.82, 2.24) is 16.0 Å². The fourth-order valence-corrected chi connectivity index (χ4v) is 2.22. The van der Waals surface area contributed by atoms with Gasteiger partial charge < -0.3 is 16.0 Å². The lowest BCUT2D eigenvalue weighted by molar-refractivity contribution is -0.163. The first-order valence-corrected chi connectivity index (χ1v) is 7.93. The molecule has 5 nitrogen and oxygen atoms in total. The van der Waals surface area contributed by atoms with E-state index in [4.69, 9.17) is 0 Å². The third-order valence-electron chi connectivity index (χ3n) is 3.54. The molecule has 0 fully saturated rings. The van der Waals surface area contributed by atoms with Gasteiger partial charge in [-0.1, -0.05) is 42.5 Å². The number of rotatable bonds is 6. The molecule has 1 unspecified atom stereocenters. The number of amides is 3. The average molecular weight is 383 g/mol. The van der Waals surface area contributed by atoms with Crippen molar-refractivity contribution >= 4 is 11.9 Å². The molecule has 3 amide bonds. The first-order chi connectivity index (χ1) is 12.8. The molecule has 2 aromatic rings. The van der Waals surface area contributed by atoms with E-state index in [-0.39, 0.29) is 12.1 Å². The standard InChI is InChI=1S/C18H17F4N3O2/c19-14-8-6-12(7-9-14)10-23-17(27)24-11-15(26)25-16(18(20,21)22)13-4-2-1-3-5-13/h1-9,16H,10-11H2,(H,25,26)(H2,23,24,27). The summed E-state index contributed by atoms with van der Waals surface area (Å²) in [5.74, 6) is -1.41. The van der Waals surface area contributed by atoms with Crippen LogP contribution in [0.4, 0.5) is 22.4 Å². The van der Waals surface area contributed by atoms with Gasteiger partial charge >= 0.3 is 12.2 Å². The number of hydrogen-bond acceptors (Lipinski definition) is 2. The van der Waals surface area contributed by atoms with Crippen molar-refractivity contribution in [2.45, 2.75) is 18.8 Å². The van der Waals surface area contributed by atoms with Gasteiger partial charge in [-0.05, 0) is 23.3 Å². The van der Waals surface area contributed by atoms with Crippen LogP contribution in [0.2, 0.25) is 0 Å². The Labute approximate surface area is 152 Å². The first-order valence-electron chi connectivity index (χ1n) is 7.93. The minimum Gasteiger partial charge on any atom is -0.339 e. The summed E-state index contributed by atoms with van der Waals surface area (Å²) < 4.78 is 52.3. The minimum atomic E-state index is -4.68. The van der Waals surface area contributed by atoms with Gasteiger partial charge in [-0.2, -0.15) is 13.2 Å². The van der Waals surface area contributed by atoms with E-state index in [0.29, 0.717) is 5.56 Å². The van der Waals surface area contributed by atoms with E-state index in [9.17, 15) is 27.2 Å². The van der Waals surface area contributed by atoms with Gasteiger partial charge in [0.25, 0.3) is 0 Å². The molecule has 0 aliphatic carbocycles. The van der Waals surface area contributed by atoms with Crippen molar-refractivity contribution in [2.24, 2.45) is 0 Å². The predicted octanol–water partition coefficient (Wildman–Crippen LogP) is 3.04. The molecule has 0 aliphatic rings. The summed E-state index contributed by atoms with van der Waals surface area (Å²) in [6.07, 6.45) is -4.68. The zero-order chi connectivity index (χ0) is 19.9. The summed E-state index contributed by atoms with van der Waals surface area (Å²) in [5.41, 5.74) is 0.510. The average Bonchev–Trinajstić information content (AvgIpc) is 2.63. The number of hydrogen-bond donors (Lipinski definition) is 3. The Morgan fingerprint density at radius 3 is 2.15 bits per heavy atom. The molecule has 0 spiro atoms. The van der Waals surface area contributed by atoms with Crippen LogP contribution in [0.15, 0.2) is 54.6 Å². The Morgan fingerprint density at radius 2 is 1.56 bits per heavy atom. The molecular weight excluding hydrogens is 366 g/mol. The van der Waals surface area contributed by atoms with E-state index in [1.165, 1.54) is 48.5 Å². The van der Waals surface area contributed by atoms with Gasteiger partial charge in [0.05, 0.1) is 6.54 Å². The van der Waals surface area contributed by atoms with Gasteiger partial charge in [-0.3, -0.25) is 4.79 Å². The van der Waals surface area contributed by atoms with Gasteiger partial charge in [0.15, 0.2) is 6.04 Å². The van der Waals surface area contributed by atoms with Gasteiger partial charge in [0.2, 0.25) is 5.91 Å². The topological polar surface area (TPSA) is 70.2 Å². The lowest BCUT2D eigenvalue weighted by atomic mass is 10.1. The van der Waals surface area contributed by atoms with Crippen LogP contribution in [-0.2, 0) is 11.3 Å². The van der Waals surface area contributed by atoms with Crippen LogP contribution in [-0.4, -0.2) is 24.7 Å². The maximum atomic E-state index is 13.2. The summed E-state index contributed by atoms with van der Waals surface area (Å²) in [7, 11) is 0. The number of nitrogens with one attached hydrogen (secondary N) is 3. The number of carbonyl (C=O) groups is 2. The monoisotopic (exact) mass is 383 g/mol. The molecule has 0 saturated carbocycles. The molecule has 1 atom stereocenters. The molecule has 27 heavy (non-hydrogen) atoms. The SMILES string of the molecule is O=C(CNC(=O)NCc1ccc(F)cc1)NC(c1ccccc1)C(F)(F)F. The Hall–Kier alpha value is -3.10. The fourth-order valence-electron chi connectivity index (χ4n) is 2.22. The molecule has 0 bridgehead atoms. The number of benzene rings is 2. The van der Waals surface area contributed by atoms with Crippen LogP contribution in [0.1, 0.15) is 17.2 Å². The van der Waals surface area contributed by atoms with Gasteiger partial charge in [-0.25, -0.2) is 9.18 Å². The van der Waals surface area contributed by atoms with E-state index < -0.39 is 36.5 Å². The maximum Gasteiger partial charge on any atom is 0.412 e. The second-order valence-electron chi connectivity index (χ2n) is 5.62. The van der Waals surface area contributed by atoms with E-state index in [1.54, 1.807) is 6.07 Å². The summed E-state index contributed by atoms with van der Waals surface area (Å²) in [4.78, 5) is 23.4. The Bertz CT molecular complexity index is 764. The van der Waals surface area contributed by atoms with Crippen LogP contribution in [0.25, 0.3) is 0 Å². The lowest BCUT2D eigenvalue weighted by Gasteiger charge is -2.22. The molecular formula is C18H17F4N3O2. The highest BCUT2D eigenvalue weighted by Crippen LogP contribution is 2.32. The van der Waals surface area contributed by atoms with Crippen LogP contribution < -0.4 is 16.0 Å². The molecule has 2 aromatic carbocycles. The van der Waals surface area contributed by atoms with E-state index >= 15 is 0 Å². The molecule has 9 heteroatoms. The highest BCUT2D eigenvalue weighted by molar-refractivity contribution is 5.84. The van der Waals surface area contributed by atoms with Gasteiger partial charge in [0, 0.05) is 6.54 Å². The van der Waals surface area contributed by atoms with Gasteiger partial charge in [-0.15, -0.1) is 0 Å². The normalized spacial score (nSPS) is 12.1. The second kappa shape index (κ2) is 9.02. The van der Waals surface area contributed by atoms with Crippen molar-refractivity contribution in [1.29, 1.82) is 0 Å². The van der Waals surface area contributed by atoms with Crippen LogP contribution in [0.5, 0.6) is 0 Å². The van der Waals surface area contributed by atoms with Crippen molar-refractivity contribution in [3.05, 3.63) is 71.5 Å². The quantitative estimate of drug-likeness (QED) is 0.671. The second-order valence-corrected chi connectivity index (χ2v) is 5.62. The largest absolute Gasteiger partial charge is 0.412 e. The highest BCUT2D eigenvalue weighted by atomic mass is 19.4. The van der Waals surface area contributed by atoms with Crippen molar-refractivity contribution in [3.8, 4) is 0 Å². The first kappa shape index (κ1) is 20.2. The minimum absolute atomic E-state index is 0.0723. The molecule has 2 rings (SSSR count). The molecule has 0 aliphatic heterocycles. The lowest BCUT2D eigenvalue weighted by Crippen LogP contribution is -2.45. The van der Waals surface area contributed by atoms with Gasteiger partial charge in [0.1, 0.15) is 5.82 Å². The van der Waals surface area contributed by atoms with Crippen molar-refractivity contribution in [3.63, 3.8) is 0 Å². The van der Waals surface area contributed by atoms with Crippen LogP contribution in [0, 0.1) is 5.82 Å². The smallest absolute Gasteiger partial charge is 0.339 e. The third-order valence-corrected chi connectivity index (χ3v) is 3.54. The maximum absolute atomic E-state index is 13.2. The summed E-state index contributed by atoms with van der Waals surface area (Å²) >= 11 is 0. The van der Waals surface area contributed by atoms with E-state index in [0.717, 1.165) is 0 Å². The Kier molecular flexibility index (Phi) is 6.75. The van der Waals surface area contributed by atoms with Crippen LogP contribution >= 0.6 is 0 Å². The highest BCUT2D eigenvalue weighted by Gasteiger charge is 2.41. The number of carbonyl (C=O) groups excluding carboxylic acids is 2. The van der Waals surface area contributed by atoms with E-state index in [1.807, 2.05) is 5.32 Å². The Balaban J connectivity index is 1.83. The zero-order valence-corrected chi connectivity index (χ0v) is 14.0. The fraction of sp³-hybridized carbons (Fsp3) is 0.222. The molecule has 0 aromatic heterocycles. The Morgan fingerprint density at radius 1 is 0.926 bits per heavy atom. The summed E-state index contributed by atoms with van der Waals surface area (Å²) in [6.45, 7) is -0.558.